The Morgan fingerprint density at radius 3 is 2.47 bits per heavy atom. The zero-order valence-electron chi connectivity index (χ0n) is 18.5. The topological polar surface area (TPSA) is 58.0 Å². The Hall–Kier alpha value is -3.79. The number of benzene rings is 3. The van der Waals surface area contributed by atoms with Crippen LogP contribution in [0.1, 0.15) is 44.3 Å². The number of fused-ring (bicyclic) bond motifs is 2. The molecular weight excluding hydrogens is 396 g/mol. The fourth-order valence-corrected chi connectivity index (χ4v) is 4.44. The summed E-state index contributed by atoms with van der Waals surface area (Å²) in [5, 5.41) is 5.30. The minimum atomic E-state index is -0.185. The maximum absolute atomic E-state index is 13.2. The fraction of sp³-hybridized carbons (Fsp3) is 0.179. The molecule has 0 saturated carbocycles. The van der Waals surface area contributed by atoms with Crippen LogP contribution in [0.4, 0.5) is 0 Å². The van der Waals surface area contributed by atoms with E-state index in [1.807, 2.05) is 49.5 Å². The van der Waals surface area contributed by atoms with Crippen LogP contribution in [0.25, 0.3) is 21.9 Å². The smallest absolute Gasteiger partial charge is 0.287 e. The van der Waals surface area contributed by atoms with Crippen molar-refractivity contribution in [2.75, 3.05) is 6.54 Å². The van der Waals surface area contributed by atoms with Crippen LogP contribution in [-0.4, -0.2) is 17.4 Å². The molecule has 0 saturated heterocycles. The van der Waals surface area contributed by atoms with Gasteiger partial charge in [0.25, 0.3) is 5.91 Å². The van der Waals surface area contributed by atoms with E-state index in [-0.39, 0.29) is 11.8 Å². The Balaban J connectivity index is 1.47. The number of nitrogens with one attached hydrogen (secondary N) is 2. The highest BCUT2D eigenvalue weighted by atomic mass is 16.3. The third kappa shape index (κ3) is 3.48. The lowest BCUT2D eigenvalue weighted by atomic mass is 9.91. The number of hydrogen-bond acceptors (Lipinski definition) is 2. The normalized spacial score (nSPS) is 12.3. The first kappa shape index (κ1) is 20.1. The summed E-state index contributed by atoms with van der Waals surface area (Å²) in [6.45, 7) is 6.55. The molecule has 3 aromatic carbocycles. The number of aryl methyl sites for hydroxylation is 3. The monoisotopic (exact) mass is 422 g/mol. The molecule has 2 heterocycles. The summed E-state index contributed by atoms with van der Waals surface area (Å²) >= 11 is 0. The van der Waals surface area contributed by atoms with Gasteiger partial charge in [0.05, 0.1) is 0 Å². The molecular formula is C28H26N2O2. The third-order valence-corrected chi connectivity index (χ3v) is 6.42. The van der Waals surface area contributed by atoms with Crippen molar-refractivity contribution < 1.29 is 9.21 Å². The lowest BCUT2D eigenvalue weighted by molar-refractivity contribution is 0.0926. The van der Waals surface area contributed by atoms with Crippen molar-refractivity contribution in [1.82, 2.24) is 10.3 Å². The number of carbonyl (C=O) groups excluding carboxylic acids is 1. The molecule has 4 heteroatoms. The average Bonchev–Trinajstić information content (AvgIpc) is 3.37. The van der Waals surface area contributed by atoms with Crippen LogP contribution in [0.2, 0.25) is 0 Å². The Morgan fingerprint density at radius 1 is 0.938 bits per heavy atom. The number of H-pyrrole nitrogens is 1. The Kier molecular flexibility index (Phi) is 5.06. The van der Waals surface area contributed by atoms with Crippen molar-refractivity contribution >= 4 is 27.8 Å². The van der Waals surface area contributed by atoms with E-state index in [2.05, 4.69) is 54.5 Å². The highest BCUT2D eigenvalue weighted by Crippen LogP contribution is 2.31. The van der Waals surface area contributed by atoms with Crippen LogP contribution in [0.3, 0.4) is 0 Å². The molecule has 0 unspecified atom stereocenters. The van der Waals surface area contributed by atoms with Crippen LogP contribution in [0, 0.1) is 20.8 Å². The second-order valence-electron chi connectivity index (χ2n) is 8.45. The van der Waals surface area contributed by atoms with E-state index in [0.29, 0.717) is 12.3 Å². The minimum absolute atomic E-state index is 0.0190. The Bertz CT molecular complexity index is 1430. The van der Waals surface area contributed by atoms with Gasteiger partial charge < -0.3 is 14.7 Å². The summed E-state index contributed by atoms with van der Waals surface area (Å²) in [5.74, 6) is 0.219. The number of carbonyl (C=O) groups is 1. The van der Waals surface area contributed by atoms with Crippen molar-refractivity contribution in [2.45, 2.75) is 26.7 Å². The van der Waals surface area contributed by atoms with E-state index in [1.54, 1.807) is 0 Å². The molecule has 160 valence electrons. The minimum Gasteiger partial charge on any atom is -0.451 e. The molecule has 2 N–H and O–H groups in total. The number of furan rings is 1. The second kappa shape index (κ2) is 8.04. The highest BCUT2D eigenvalue weighted by molar-refractivity contribution is 5.99. The number of aromatic nitrogens is 1. The molecule has 0 bridgehead atoms. The molecule has 0 spiro atoms. The largest absolute Gasteiger partial charge is 0.451 e. The van der Waals surface area contributed by atoms with Gasteiger partial charge in [0.15, 0.2) is 5.76 Å². The highest BCUT2D eigenvalue weighted by Gasteiger charge is 2.22. The van der Waals surface area contributed by atoms with Crippen LogP contribution in [0.15, 0.2) is 77.3 Å². The lowest BCUT2D eigenvalue weighted by Crippen LogP contribution is -2.29. The molecule has 2 aromatic heterocycles. The number of amides is 1. The van der Waals surface area contributed by atoms with Crippen LogP contribution < -0.4 is 5.32 Å². The molecule has 0 fully saturated rings. The summed E-state index contributed by atoms with van der Waals surface area (Å²) in [5.41, 5.74) is 7.40. The zero-order valence-corrected chi connectivity index (χ0v) is 18.5. The van der Waals surface area contributed by atoms with Gasteiger partial charge in [-0.15, -0.1) is 0 Å². The lowest BCUT2D eigenvalue weighted by Gasteiger charge is -2.18. The summed E-state index contributed by atoms with van der Waals surface area (Å²) < 4.78 is 5.98. The molecule has 0 aliphatic rings. The molecule has 4 nitrogen and oxygen atoms in total. The van der Waals surface area contributed by atoms with E-state index in [9.17, 15) is 4.79 Å². The Morgan fingerprint density at radius 2 is 1.66 bits per heavy atom. The van der Waals surface area contributed by atoms with E-state index < -0.39 is 0 Å². The van der Waals surface area contributed by atoms with E-state index in [0.717, 1.165) is 33.2 Å². The number of aromatic amines is 1. The summed E-state index contributed by atoms with van der Waals surface area (Å²) in [7, 11) is 0. The average molecular weight is 423 g/mol. The molecule has 1 amide bonds. The first-order valence-electron chi connectivity index (χ1n) is 10.9. The molecule has 5 rings (SSSR count). The molecule has 0 radical (unpaired) electrons. The number of hydrogen-bond donors (Lipinski definition) is 2. The van der Waals surface area contributed by atoms with Crippen molar-refractivity contribution in [3.05, 3.63) is 107 Å². The van der Waals surface area contributed by atoms with Gasteiger partial charge in [-0.05, 0) is 61.2 Å². The van der Waals surface area contributed by atoms with Gasteiger partial charge in [-0.2, -0.15) is 0 Å². The molecule has 0 aliphatic carbocycles. The Labute approximate surface area is 187 Å². The summed E-state index contributed by atoms with van der Waals surface area (Å²) in [6, 6.07) is 22.7. The molecule has 1 atom stereocenters. The second-order valence-corrected chi connectivity index (χ2v) is 8.45. The van der Waals surface area contributed by atoms with Crippen LogP contribution >= 0.6 is 0 Å². The van der Waals surface area contributed by atoms with Gasteiger partial charge in [0, 0.05) is 40.5 Å². The maximum atomic E-state index is 13.2. The van der Waals surface area contributed by atoms with Crippen molar-refractivity contribution in [3.63, 3.8) is 0 Å². The predicted octanol–water partition coefficient (Wildman–Crippen LogP) is 6.40. The van der Waals surface area contributed by atoms with Crippen LogP contribution in [0.5, 0.6) is 0 Å². The van der Waals surface area contributed by atoms with Crippen LogP contribution in [-0.2, 0) is 0 Å². The standard InChI is InChI=1S/C28H26N2O2/c1-17-13-22-19(3)27(32-26(22)14-18(17)2)28(31)30-15-23(20-9-5-4-6-10-20)24-16-29-25-12-8-7-11-21(24)25/h4-14,16,23,29H,15H2,1-3H3,(H,30,31)/t23-/m0/s1. The number of para-hydroxylation sites is 1. The quantitative estimate of drug-likeness (QED) is 0.344. The van der Waals surface area contributed by atoms with Gasteiger partial charge in [0.1, 0.15) is 5.58 Å². The van der Waals surface area contributed by atoms with Gasteiger partial charge in [0.2, 0.25) is 0 Å². The van der Waals surface area contributed by atoms with Crippen molar-refractivity contribution in [2.24, 2.45) is 0 Å². The predicted molar refractivity (Wildman–Crippen MR) is 129 cm³/mol. The summed E-state index contributed by atoms with van der Waals surface area (Å²) in [6.07, 6.45) is 2.05. The van der Waals surface area contributed by atoms with Gasteiger partial charge in [-0.25, -0.2) is 0 Å². The SMILES string of the molecule is Cc1cc2oc(C(=O)NC[C@@H](c3ccccc3)c3c[nH]c4ccccc34)c(C)c2cc1C. The third-order valence-electron chi connectivity index (χ3n) is 6.42. The van der Waals surface area contributed by atoms with Gasteiger partial charge >= 0.3 is 0 Å². The number of rotatable bonds is 5. The van der Waals surface area contributed by atoms with Gasteiger partial charge in [-0.1, -0.05) is 48.5 Å². The van der Waals surface area contributed by atoms with E-state index >= 15 is 0 Å². The molecule has 32 heavy (non-hydrogen) atoms. The fourth-order valence-electron chi connectivity index (χ4n) is 4.44. The first-order valence-corrected chi connectivity index (χ1v) is 10.9. The first-order chi connectivity index (χ1) is 15.5. The van der Waals surface area contributed by atoms with E-state index in [1.165, 1.54) is 16.5 Å². The van der Waals surface area contributed by atoms with Crippen molar-refractivity contribution in [3.8, 4) is 0 Å². The summed E-state index contributed by atoms with van der Waals surface area (Å²) in [4.78, 5) is 16.5. The molecule has 5 aromatic rings. The van der Waals surface area contributed by atoms with Gasteiger partial charge in [-0.3, -0.25) is 4.79 Å². The van der Waals surface area contributed by atoms with E-state index in [4.69, 9.17) is 4.42 Å². The maximum Gasteiger partial charge on any atom is 0.287 e. The molecule has 0 aliphatic heterocycles. The zero-order chi connectivity index (χ0) is 22.2. The van der Waals surface area contributed by atoms with Crippen molar-refractivity contribution in [1.29, 1.82) is 0 Å².